The average molecular weight is 347 g/mol. The van der Waals surface area contributed by atoms with Crippen LogP contribution in [0.1, 0.15) is 42.3 Å². The molecule has 132 valence electrons. The molecule has 4 nitrogen and oxygen atoms in total. The summed E-state index contributed by atoms with van der Waals surface area (Å²) in [4.78, 5) is 12.3. The summed E-state index contributed by atoms with van der Waals surface area (Å²) < 4.78 is 13.3. The van der Waals surface area contributed by atoms with Crippen molar-refractivity contribution < 1.29 is 14.3 Å². The molecule has 0 saturated carbocycles. The first-order chi connectivity index (χ1) is 12.6. The molecule has 26 heavy (non-hydrogen) atoms. The molecule has 0 bridgehead atoms. The third kappa shape index (κ3) is 2.49. The van der Waals surface area contributed by atoms with E-state index in [4.69, 9.17) is 9.47 Å². The highest BCUT2D eigenvalue weighted by atomic mass is 16.5. The Morgan fingerprint density at radius 2 is 2.08 bits per heavy atom. The van der Waals surface area contributed by atoms with Gasteiger partial charge in [0.15, 0.2) is 0 Å². The number of ether oxygens (including phenoxy) is 2. The van der Waals surface area contributed by atoms with Crippen molar-refractivity contribution in [1.29, 1.82) is 0 Å². The van der Waals surface area contributed by atoms with Gasteiger partial charge in [0, 0.05) is 29.0 Å². The van der Waals surface area contributed by atoms with Gasteiger partial charge >= 0.3 is 5.97 Å². The van der Waals surface area contributed by atoms with Crippen LogP contribution < -0.4 is 0 Å². The number of para-hydroxylation sites is 1. The Bertz CT molecular complexity index is 1070. The number of fused-ring (bicyclic) bond motifs is 3. The molecule has 0 saturated heterocycles. The molecule has 0 amide bonds. The third-order valence-electron chi connectivity index (χ3n) is 4.83. The Kier molecular flexibility index (Phi) is 4.03. The molecule has 0 spiro atoms. The number of aromatic nitrogens is 1. The van der Waals surface area contributed by atoms with E-state index < -0.39 is 0 Å². The van der Waals surface area contributed by atoms with Gasteiger partial charge < -0.3 is 14.0 Å². The Morgan fingerprint density at radius 1 is 1.27 bits per heavy atom. The summed E-state index contributed by atoms with van der Waals surface area (Å²) in [5, 5.41) is 2.16. The minimum absolute atomic E-state index is 0.153. The van der Waals surface area contributed by atoms with Crippen molar-refractivity contribution >= 4 is 34.0 Å². The number of rotatable bonds is 3. The smallest absolute Gasteiger partial charge is 0.337 e. The lowest BCUT2D eigenvalue weighted by molar-refractivity contribution is 0.0600. The van der Waals surface area contributed by atoms with E-state index >= 15 is 0 Å². The van der Waals surface area contributed by atoms with E-state index in [9.17, 15) is 4.79 Å². The first kappa shape index (κ1) is 16.5. The summed E-state index contributed by atoms with van der Waals surface area (Å²) in [6.07, 6.45) is 6.72. The molecule has 4 heteroatoms. The predicted molar refractivity (Wildman–Crippen MR) is 104 cm³/mol. The molecule has 1 aromatic heterocycles. The van der Waals surface area contributed by atoms with Gasteiger partial charge in [-0.3, -0.25) is 0 Å². The van der Waals surface area contributed by atoms with Gasteiger partial charge in [0.05, 0.1) is 23.7 Å². The lowest BCUT2D eigenvalue weighted by atomic mass is 9.98. The van der Waals surface area contributed by atoms with E-state index in [-0.39, 0.29) is 12.1 Å². The van der Waals surface area contributed by atoms with E-state index in [1.807, 2.05) is 50.4 Å². The molecular formula is C22H21NO3. The van der Waals surface area contributed by atoms with Crippen LogP contribution in [-0.4, -0.2) is 17.6 Å². The second kappa shape index (κ2) is 6.37. The number of esters is 1. The lowest BCUT2D eigenvalue weighted by Gasteiger charge is -2.18. The lowest BCUT2D eigenvalue weighted by Crippen LogP contribution is -2.06. The van der Waals surface area contributed by atoms with Crippen LogP contribution in [0.15, 0.2) is 54.3 Å². The Balaban J connectivity index is 2.12. The quantitative estimate of drug-likeness (QED) is 0.468. The normalized spacial score (nSPS) is 16.6. The number of hydrogen-bond acceptors (Lipinski definition) is 3. The maximum Gasteiger partial charge on any atom is 0.337 e. The first-order valence-electron chi connectivity index (χ1n) is 8.75. The van der Waals surface area contributed by atoms with Crippen molar-refractivity contribution in [2.75, 3.05) is 7.11 Å². The fourth-order valence-corrected chi connectivity index (χ4v) is 3.71. The fourth-order valence-electron chi connectivity index (χ4n) is 3.71. The van der Waals surface area contributed by atoms with Crippen molar-refractivity contribution in [3.8, 4) is 0 Å². The van der Waals surface area contributed by atoms with Crippen LogP contribution in [0.25, 0.3) is 28.0 Å². The molecule has 1 aliphatic rings. The summed E-state index contributed by atoms with van der Waals surface area (Å²) in [6, 6.07) is 12.1. The fraction of sp³-hybridized carbons (Fsp3) is 0.227. The molecule has 0 N–H and O–H groups in total. The van der Waals surface area contributed by atoms with Crippen LogP contribution in [0.5, 0.6) is 0 Å². The topological polar surface area (TPSA) is 40.5 Å². The highest BCUT2D eigenvalue weighted by Crippen LogP contribution is 2.40. The molecule has 1 aliphatic heterocycles. The van der Waals surface area contributed by atoms with Crippen LogP contribution >= 0.6 is 0 Å². The van der Waals surface area contributed by atoms with E-state index in [0.717, 1.165) is 39.5 Å². The number of carbonyl (C=O) groups is 1. The Labute approximate surface area is 152 Å². The molecule has 1 unspecified atom stereocenters. The van der Waals surface area contributed by atoms with Crippen molar-refractivity contribution in [2.45, 2.75) is 26.4 Å². The van der Waals surface area contributed by atoms with E-state index in [2.05, 4.69) is 22.8 Å². The number of hydrogen-bond donors (Lipinski definition) is 0. The van der Waals surface area contributed by atoms with Gasteiger partial charge in [-0.1, -0.05) is 30.4 Å². The average Bonchev–Trinajstić information content (AvgIpc) is 2.89. The monoisotopic (exact) mass is 347 g/mol. The van der Waals surface area contributed by atoms with E-state index in [1.165, 1.54) is 7.11 Å². The molecule has 2 aromatic carbocycles. The number of benzene rings is 2. The Hall–Kier alpha value is -3.01. The van der Waals surface area contributed by atoms with Gasteiger partial charge in [0.25, 0.3) is 0 Å². The number of allylic oxidation sites excluding steroid dienone is 2. The van der Waals surface area contributed by atoms with Gasteiger partial charge in [0.1, 0.15) is 11.9 Å². The van der Waals surface area contributed by atoms with E-state index in [0.29, 0.717) is 5.56 Å². The SMILES string of the molecule is C/C=C/CC1OC(C)=Cn2c3ccccc3c3cc(C(=O)OC)cc1c32. The minimum atomic E-state index is -0.335. The number of carbonyl (C=O) groups excluding carboxylic acids is 1. The summed E-state index contributed by atoms with van der Waals surface area (Å²) >= 11 is 0. The highest BCUT2D eigenvalue weighted by molar-refractivity contribution is 6.12. The van der Waals surface area contributed by atoms with Crippen LogP contribution in [0.3, 0.4) is 0 Å². The van der Waals surface area contributed by atoms with Crippen molar-refractivity contribution in [3.63, 3.8) is 0 Å². The number of nitrogens with zero attached hydrogens (tertiary/aromatic N) is 1. The summed E-state index contributed by atoms with van der Waals surface area (Å²) in [6.45, 7) is 3.97. The van der Waals surface area contributed by atoms with Crippen LogP contribution in [-0.2, 0) is 9.47 Å². The first-order valence-corrected chi connectivity index (χ1v) is 8.75. The Morgan fingerprint density at radius 3 is 2.85 bits per heavy atom. The summed E-state index contributed by atoms with van der Waals surface area (Å²) in [7, 11) is 1.41. The van der Waals surface area contributed by atoms with Gasteiger partial charge in [-0.15, -0.1) is 0 Å². The van der Waals surface area contributed by atoms with Crippen molar-refractivity contribution in [3.05, 3.63) is 65.4 Å². The van der Waals surface area contributed by atoms with Crippen LogP contribution in [0.4, 0.5) is 0 Å². The van der Waals surface area contributed by atoms with Gasteiger partial charge in [0.2, 0.25) is 0 Å². The molecule has 1 atom stereocenters. The molecule has 4 rings (SSSR count). The molecule has 0 aliphatic carbocycles. The minimum Gasteiger partial charge on any atom is -0.488 e. The van der Waals surface area contributed by atoms with Gasteiger partial charge in [-0.05, 0) is 32.0 Å². The number of methoxy groups -OCH3 is 1. The molecule has 0 radical (unpaired) electrons. The maximum absolute atomic E-state index is 12.3. The molecule has 0 fully saturated rings. The van der Waals surface area contributed by atoms with Gasteiger partial charge in [-0.2, -0.15) is 0 Å². The zero-order valence-electron chi connectivity index (χ0n) is 15.2. The van der Waals surface area contributed by atoms with Gasteiger partial charge in [-0.25, -0.2) is 4.79 Å². The van der Waals surface area contributed by atoms with Crippen molar-refractivity contribution in [2.24, 2.45) is 0 Å². The summed E-state index contributed by atoms with van der Waals surface area (Å²) in [5.41, 5.74) is 3.74. The summed E-state index contributed by atoms with van der Waals surface area (Å²) in [5.74, 6) is 0.511. The second-order valence-corrected chi connectivity index (χ2v) is 6.49. The van der Waals surface area contributed by atoms with E-state index in [1.54, 1.807) is 0 Å². The largest absolute Gasteiger partial charge is 0.488 e. The van der Waals surface area contributed by atoms with Crippen LogP contribution in [0, 0.1) is 0 Å². The maximum atomic E-state index is 12.3. The van der Waals surface area contributed by atoms with Crippen LogP contribution in [0.2, 0.25) is 0 Å². The standard InChI is InChI=1S/C22H21NO3/c1-4-5-10-20-18-12-15(22(24)25-3)11-17-16-8-6-7-9-19(16)23(21(17)18)13-14(2)26-20/h4-9,11-13,20H,10H2,1-3H3/b5-4+. The molecule has 2 heterocycles. The van der Waals surface area contributed by atoms with Crippen molar-refractivity contribution in [1.82, 2.24) is 4.57 Å². The zero-order valence-corrected chi connectivity index (χ0v) is 15.2. The highest BCUT2D eigenvalue weighted by Gasteiger charge is 2.25. The second-order valence-electron chi connectivity index (χ2n) is 6.49. The predicted octanol–water partition coefficient (Wildman–Crippen LogP) is 5.44. The molecular weight excluding hydrogens is 326 g/mol. The zero-order chi connectivity index (χ0) is 18.3. The third-order valence-corrected chi connectivity index (χ3v) is 4.83. The molecule has 3 aromatic rings.